The summed E-state index contributed by atoms with van der Waals surface area (Å²) in [5.74, 6) is -0.178. The van der Waals surface area contributed by atoms with Crippen LogP contribution in [0.4, 0.5) is 19.0 Å². The Labute approximate surface area is 95.7 Å². The molecule has 1 rings (SSSR count). The fourth-order valence-corrected chi connectivity index (χ4v) is 1.09. The molecule has 0 aliphatic carbocycles. The summed E-state index contributed by atoms with van der Waals surface area (Å²) in [6, 6.07) is 3.51. The molecule has 1 atom stereocenters. The molecule has 1 aromatic heterocycles. The van der Waals surface area contributed by atoms with Crippen LogP contribution in [0.25, 0.3) is 0 Å². The van der Waals surface area contributed by atoms with Gasteiger partial charge in [0.1, 0.15) is 17.6 Å². The van der Waals surface area contributed by atoms with Gasteiger partial charge >= 0.3 is 6.18 Å². The minimum atomic E-state index is -4.56. The Balaban J connectivity index is 3.04. The molecule has 0 spiro atoms. The van der Waals surface area contributed by atoms with Crippen LogP contribution < -0.4 is 5.32 Å². The van der Waals surface area contributed by atoms with Crippen molar-refractivity contribution in [2.45, 2.75) is 19.2 Å². The zero-order valence-electron chi connectivity index (χ0n) is 8.91. The molecule has 0 radical (unpaired) electrons. The quantitative estimate of drug-likeness (QED) is 0.851. The molecule has 1 heterocycles. The van der Waals surface area contributed by atoms with Crippen molar-refractivity contribution in [1.29, 1.82) is 5.26 Å². The van der Waals surface area contributed by atoms with Crippen molar-refractivity contribution < 1.29 is 18.3 Å². The molecule has 0 amide bonds. The Bertz CT molecular complexity index is 437. The summed E-state index contributed by atoms with van der Waals surface area (Å²) in [6.45, 7) is 1.48. The number of hydrogen-bond donors (Lipinski definition) is 2. The fourth-order valence-electron chi connectivity index (χ4n) is 1.09. The number of hydrogen-bond acceptors (Lipinski definition) is 4. The van der Waals surface area contributed by atoms with E-state index in [1.807, 2.05) is 0 Å². The van der Waals surface area contributed by atoms with Crippen molar-refractivity contribution in [3.63, 3.8) is 0 Å². The monoisotopic (exact) mass is 245 g/mol. The van der Waals surface area contributed by atoms with Crippen molar-refractivity contribution in [3.8, 4) is 6.07 Å². The molecule has 0 bridgehead atoms. The molecule has 1 unspecified atom stereocenters. The van der Waals surface area contributed by atoms with Crippen LogP contribution in [0.1, 0.15) is 18.2 Å². The summed E-state index contributed by atoms with van der Waals surface area (Å²) < 4.78 is 37.1. The van der Waals surface area contributed by atoms with E-state index in [-0.39, 0.29) is 17.9 Å². The molecule has 0 aromatic carbocycles. The summed E-state index contributed by atoms with van der Waals surface area (Å²) >= 11 is 0. The third-order valence-electron chi connectivity index (χ3n) is 1.87. The van der Waals surface area contributed by atoms with E-state index >= 15 is 0 Å². The Morgan fingerprint density at radius 1 is 1.53 bits per heavy atom. The first kappa shape index (κ1) is 13.3. The van der Waals surface area contributed by atoms with E-state index in [9.17, 15) is 13.2 Å². The molecule has 2 N–H and O–H groups in total. The smallest absolute Gasteiger partial charge is 0.392 e. The number of nitrogens with one attached hydrogen (secondary N) is 1. The Morgan fingerprint density at radius 2 is 2.18 bits per heavy atom. The first-order valence-electron chi connectivity index (χ1n) is 4.75. The van der Waals surface area contributed by atoms with E-state index in [4.69, 9.17) is 10.4 Å². The van der Waals surface area contributed by atoms with Gasteiger partial charge in [-0.15, -0.1) is 0 Å². The van der Waals surface area contributed by atoms with Crippen LogP contribution >= 0.6 is 0 Å². The normalized spacial score (nSPS) is 12.9. The second kappa shape index (κ2) is 5.01. The maximum absolute atomic E-state index is 12.4. The molecule has 7 heteroatoms. The highest BCUT2D eigenvalue weighted by molar-refractivity contribution is 5.52. The molecule has 0 aliphatic heterocycles. The van der Waals surface area contributed by atoms with Crippen LogP contribution in [-0.4, -0.2) is 22.7 Å². The molecule has 0 saturated carbocycles. The highest BCUT2D eigenvalue weighted by atomic mass is 19.4. The average Bonchev–Trinajstić information content (AvgIpc) is 2.24. The van der Waals surface area contributed by atoms with Crippen LogP contribution in [0.5, 0.6) is 0 Å². The van der Waals surface area contributed by atoms with E-state index in [0.29, 0.717) is 0 Å². The topological polar surface area (TPSA) is 68.9 Å². The largest absolute Gasteiger partial charge is 0.433 e. The summed E-state index contributed by atoms with van der Waals surface area (Å²) in [4.78, 5) is 3.32. The van der Waals surface area contributed by atoms with Gasteiger partial charge in [-0.2, -0.15) is 18.4 Å². The predicted molar refractivity (Wildman–Crippen MR) is 54.1 cm³/mol. The molecule has 92 valence electrons. The van der Waals surface area contributed by atoms with Gasteiger partial charge in [0, 0.05) is 6.54 Å². The Morgan fingerprint density at radius 3 is 2.65 bits per heavy atom. The van der Waals surface area contributed by atoms with Crippen LogP contribution in [0.15, 0.2) is 12.1 Å². The van der Waals surface area contributed by atoms with Gasteiger partial charge in [0.15, 0.2) is 0 Å². The number of rotatable bonds is 3. The number of alkyl halides is 3. The third kappa shape index (κ3) is 3.60. The highest BCUT2D eigenvalue weighted by Gasteiger charge is 2.33. The van der Waals surface area contributed by atoms with Gasteiger partial charge in [-0.3, -0.25) is 0 Å². The predicted octanol–water partition coefficient (Wildman–Crippen LogP) is 1.76. The van der Waals surface area contributed by atoms with Crippen molar-refractivity contribution in [2.75, 3.05) is 11.9 Å². The fraction of sp³-hybridized carbons (Fsp3) is 0.400. The number of nitrogens with zero attached hydrogens (tertiary/aromatic N) is 2. The number of pyridine rings is 1. The van der Waals surface area contributed by atoms with Gasteiger partial charge < -0.3 is 10.4 Å². The van der Waals surface area contributed by atoms with Crippen molar-refractivity contribution in [1.82, 2.24) is 4.98 Å². The molecular weight excluding hydrogens is 235 g/mol. The van der Waals surface area contributed by atoms with Crippen molar-refractivity contribution >= 4 is 5.82 Å². The lowest BCUT2D eigenvalue weighted by Gasteiger charge is -2.11. The lowest BCUT2D eigenvalue weighted by Crippen LogP contribution is -2.18. The molecule has 4 nitrogen and oxygen atoms in total. The van der Waals surface area contributed by atoms with Gasteiger partial charge in [0.25, 0.3) is 0 Å². The third-order valence-corrected chi connectivity index (χ3v) is 1.87. The average molecular weight is 245 g/mol. The second-order valence-corrected chi connectivity index (χ2v) is 3.43. The van der Waals surface area contributed by atoms with Crippen molar-refractivity contribution in [3.05, 3.63) is 23.4 Å². The van der Waals surface area contributed by atoms with Crippen molar-refractivity contribution in [2.24, 2.45) is 0 Å². The maximum atomic E-state index is 12.4. The van der Waals surface area contributed by atoms with Gasteiger partial charge in [-0.05, 0) is 19.1 Å². The van der Waals surface area contributed by atoms with E-state index in [1.165, 1.54) is 6.92 Å². The Kier molecular flexibility index (Phi) is 3.91. The SMILES string of the molecule is CC(O)CNc1nc(C(F)(F)F)ccc1C#N. The van der Waals surface area contributed by atoms with E-state index in [2.05, 4.69) is 10.3 Å². The van der Waals surface area contributed by atoms with Crippen LogP contribution in [0.2, 0.25) is 0 Å². The van der Waals surface area contributed by atoms with Gasteiger partial charge in [-0.25, -0.2) is 4.98 Å². The van der Waals surface area contributed by atoms with E-state index in [1.54, 1.807) is 6.07 Å². The molecule has 0 fully saturated rings. The number of aliphatic hydroxyl groups excluding tert-OH is 1. The van der Waals surface area contributed by atoms with E-state index < -0.39 is 18.0 Å². The number of anilines is 1. The first-order valence-corrected chi connectivity index (χ1v) is 4.75. The summed E-state index contributed by atoms with van der Waals surface area (Å²) in [5, 5.41) is 20.2. The first-order chi connectivity index (χ1) is 7.84. The van der Waals surface area contributed by atoms with Gasteiger partial charge in [0.2, 0.25) is 0 Å². The Hall–Kier alpha value is -1.81. The van der Waals surface area contributed by atoms with Crippen LogP contribution in [0, 0.1) is 11.3 Å². The number of halogens is 3. The van der Waals surface area contributed by atoms with Gasteiger partial charge in [0.05, 0.1) is 11.7 Å². The summed E-state index contributed by atoms with van der Waals surface area (Å²) in [7, 11) is 0. The van der Waals surface area contributed by atoms with Crippen LogP contribution in [-0.2, 0) is 6.18 Å². The number of nitriles is 1. The molecule has 17 heavy (non-hydrogen) atoms. The number of aliphatic hydroxyl groups is 1. The molecule has 1 aromatic rings. The summed E-state index contributed by atoms with van der Waals surface area (Å²) in [5.41, 5.74) is -1.08. The summed E-state index contributed by atoms with van der Waals surface area (Å²) in [6.07, 6.45) is -5.31. The lowest BCUT2D eigenvalue weighted by atomic mass is 10.2. The van der Waals surface area contributed by atoms with E-state index in [0.717, 1.165) is 12.1 Å². The molecule has 0 saturated heterocycles. The zero-order chi connectivity index (χ0) is 13.1. The zero-order valence-corrected chi connectivity index (χ0v) is 8.91. The minimum Gasteiger partial charge on any atom is -0.392 e. The number of aromatic nitrogens is 1. The standard InChI is InChI=1S/C10H10F3N3O/c1-6(17)5-15-9-7(4-14)2-3-8(16-9)10(11,12)13/h2-3,6,17H,5H2,1H3,(H,15,16). The molecular formula is C10H10F3N3O. The molecule has 0 aliphatic rings. The van der Waals surface area contributed by atoms with Crippen LogP contribution in [0.3, 0.4) is 0 Å². The maximum Gasteiger partial charge on any atom is 0.433 e. The second-order valence-electron chi connectivity index (χ2n) is 3.43. The minimum absolute atomic E-state index is 0.00125. The lowest BCUT2D eigenvalue weighted by molar-refractivity contribution is -0.141. The van der Waals surface area contributed by atoms with Gasteiger partial charge in [-0.1, -0.05) is 0 Å². The highest BCUT2D eigenvalue weighted by Crippen LogP contribution is 2.29.